The fourth-order valence-corrected chi connectivity index (χ4v) is 3.18. The van der Waals surface area contributed by atoms with Crippen molar-refractivity contribution in [2.45, 2.75) is 6.42 Å². The molecule has 2 aromatic carbocycles. The number of nitrogen functional groups attached to an aromatic ring is 1. The number of nitrogens with zero attached hydrogens (tertiary/aromatic N) is 2. The van der Waals surface area contributed by atoms with Crippen LogP contribution in [0.4, 0.5) is 5.69 Å². The highest BCUT2D eigenvalue weighted by Gasteiger charge is 2.24. The quantitative estimate of drug-likeness (QED) is 0.840. The first-order valence-electron chi connectivity index (χ1n) is 8.25. The van der Waals surface area contributed by atoms with E-state index in [2.05, 4.69) is 0 Å². The molecule has 0 radical (unpaired) electrons. The Kier molecular flexibility index (Phi) is 5.24. The molecule has 2 N–H and O–H groups in total. The molecule has 130 valence electrons. The Labute approximate surface area is 152 Å². The number of carbonyl (C=O) groups excluding carboxylic acids is 2. The molecule has 0 aliphatic carbocycles. The van der Waals surface area contributed by atoms with Gasteiger partial charge in [0.05, 0.1) is 5.56 Å². The second-order valence-electron chi connectivity index (χ2n) is 6.04. The van der Waals surface area contributed by atoms with Gasteiger partial charge in [-0.25, -0.2) is 0 Å². The molecule has 3 rings (SSSR count). The van der Waals surface area contributed by atoms with Crippen LogP contribution in [-0.4, -0.2) is 47.8 Å². The van der Waals surface area contributed by atoms with E-state index >= 15 is 0 Å². The minimum absolute atomic E-state index is 0.0592. The minimum atomic E-state index is -0.0878. The van der Waals surface area contributed by atoms with Crippen molar-refractivity contribution in [1.29, 1.82) is 0 Å². The molecule has 2 aromatic rings. The van der Waals surface area contributed by atoms with Crippen molar-refractivity contribution in [3.05, 3.63) is 64.7 Å². The first-order valence-corrected chi connectivity index (χ1v) is 8.62. The van der Waals surface area contributed by atoms with Crippen molar-refractivity contribution in [2.24, 2.45) is 0 Å². The normalized spacial score (nSPS) is 14.9. The monoisotopic (exact) mass is 357 g/mol. The van der Waals surface area contributed by atoms with Gasteiger partial charge in [-0.15, -0.1) is 0 Å². The van der Waals surface area contributed by atoms with Crippen LogP contribution in [0.25, 0.3) is 0 Å². The molecule has 2 amide bonds. The molecule has 25 heavy (non-hydrogen) atoms. The lowest BCUT2D eigenvalue weighted by atomic mass is 10.1. The molecule has 0 atom stereocenters. The molecule has 0 saturated carbocycles. The predicted molar refractivity (Wildman–Crippen MR) is 98.7 cm³/mol. The van der Waals surface area contributed by atoms with Gasteiger partial charge in [-0.05, 0) is 36.8 Å². The van der Waals surface area contributed by atoms with Crippen LogP contribution in [-0.2, 0) is 0 Å². The number of anilines is 1. The Bertz CT molecular complexity index is 794. The van der Waals surface area contributed by atoms with E-state index < -0.39 is 0 Å². The molecular formula is C19H20ClN3O2. The smallest absolute Gasteiger partial charge is 0.256 e. The molecule has 1 saturated heterocycles. The van der Waals surface area contributed by atoms with Crippen molar-refractivity contribution in [3.8, 4) is 0 Å². The third kappa shape index (κ3) is 3.94. The summed E-state index contributed by atoms with van der Waals surface area (Å²) in [6.45, 7) is 2.19. The molecule has 1 fully saturated rings. The van der Waals surface area contributed by atoms with Gasteiger partial charge in [0.25, 0.3) is 11.8 Å². The second-order valence-corrected chi connectivity index (χ2v) is 6.47. The van der Waals surface area contributed by atoms with Crippen LogP contribution in [0.15, 0.2) is 48.5 Å². The molecule has 1 aliphatic heterocycles. The van der Waals surface area contributed by atoms with Gasteiger partial charge in [-0.2, -0.15) is 0 Å². The zero-order valence-electron chi connectivity index (χ0n) is 13.8. The minimum Gasteiger partial charge on any atom is -0.398 e. The molecule has 0 aromatic heterocycles. The highest BCUT2D eigenvalue weighted by Crippen LogP contribution is 2.17. The summed E-state index contributed by atoms with van der Waals surface area (Å²) in [7, 11) is 0. The van der Waals surface area contributed by atoms with Crippen LogP contribution in [0.1, 0.15) is 27.1 Å². The summed E-state index contributed by atoms with van der Waals surface area (Å²) in [5.41, 5.74) is 7.46. The van der Waals surface area contributed by atoms with Crippen LogP contribution < -0.4 is 5.73 Å². The largest absolute Gasteiger partial charge is 0.398 e. The van der Waals surface area contributed by atoms with Gasteiger partial charge in [0.15, 0.2) is 0 Å². The lowest BCUT2D eigenvalue weighted by Gasteiger charge is -2.23. The predicted octanol–water partition coefficient (Wildman–Crippen LogP) is 2.91. The summed E-state index contributed by atoms with van der Waals surface area (Å²) in [6, 6.07) is 14.0. The number of benzene rings is 2. The zero-order chi connectivity index (χ0) is 17.8. The third-order valence-electron chi connectivity index (χ3n) is 4.33. The maximum Gasteiger partial charge on any atom is 0.256 e. The summed E-state index contributed by atoms with van der Waals surface area (Å²) >= 11 is 5.97. The Morgan fingerprint density at radius 1 is 0.880 bits per heavy atom. The lowest BCUT2D eigenvalue weighted by Crippen LogP contribution is -2.37. The lowest BCUT2D eigenvalue weighted by molar-refractivity contribution is 0.0719. The summed E-state index contributed by atoms with van der Waals surface area (Å²) < 4.78 is 0. The van der Waals surface area contributed by atoms with Gasteiger partial charge in [0.1, 0.15) is 0 Å². The van der Waals surface area contributed by atoms with E-state index in [1.165, 1.54) is 0 Å². The average Bonchev–Trinajstić information content (AvgIpc) is 2.87. The number of halogens is 1. The van der Waals surface area contributed by atoms with Gasteiger partial charge in [-0.1, -0.05) is 29.8 Å². The SMILES string of the molecule is Nc1ccccc1C(=O)N1CCCN(C(=O)c2cccc(Cl)c2)CC1. The molecule has 0 bridgehead atoms. The van der Waals surface area contributed by atoms with Gasteiger partial charge >= 0.3 is 0 Å². The molecule has 1 heterocycles. The van der Waals surface area contributed by atoms with Crippen LogP contribution in [0, 0.1) is 0 Å². The van der Waals surface area contributed by atoms with Gasteiger partial charge in [-0.3, -0.25) is 9.59 Å². The molecular weight excluding hydrogens is 338 g/mol. The highest BCUT2D eigenvalue weighted by molar-refractivity contribution is 6.30. The van der Waals surface area contributed by atoms with Crippen molar-refractivity contribution < 1.29 is 9.59 Å². The molecule has 5 nitrogen and oxygen atoms in total. The van der Waals surface area contributed by atoms with E-state index in [0.717, 1.165) is 6.42 Å². The van der Waals surface area contributed by atoms with Crippen LogP contribution in [0.3, 0.4) is 0 Å². The molecule has 0 unspecified atom stereocenters. The fourth-order valence-electron chi connectivity index (χ4n) is 2.99. The Morgan fingerprint density at radius 3 is 2.24 bits per heavy atom. The van der Waals surface area contributed by atoms with E-state index in [9.17, 15) is 9.59 Å². The first-order chi connectivity index (χ1) is 12.1. The van der Waals surface area contributed by atoms with Crippen LogP contribution in [0.5, 0.6) is 0 Å². The number of carbonyl (C=O) groups is 2. The standard InChI is InChI=1S/C19H20ClN3O2/c20-15-6-3-5-14(13-15)18(24)22-9-4-10-23(12-11-22)19(25)16-7-1-2-8-17(16)21/h1-3,5-8,13H,4,9-12,21H2. The van der Waals surface area contributed by atoms with E-state index in [4.69, 9.17) is 17.3 Å². The number of amides is 2. The van der Waals surface area contributed by atoms with E-state index in [0.29, 0.717) is 48.0 Å². The fraction of sp³-hybridized carbons (Fsp3) is 0.263. The summed E-state index contributed by atoms with van der Waals surface area (Å²) in [5, 5.41) is 0.539. The average molecular weight is 358 g/mol. The van der Waals surface area contributed by atoms with Crippen molar-refractivity contribution in [1.82, 2.24) is 9.80 Å². The van der Waals surface area contributed by atoms with E-state index in [1.807, 2.05) is 0 Å². The number of para-hydroxylation sites is 1. The van der Waals surface area contributed by atoms with Gasteiger partial charge in [0, 0.05) is 42.5 Å². The summed E-state index contributed by atoms with van der Waals surface area (Å²) in [6.07, 6.45) is 0.727. The van der Waals surface area contributed by atoms with Gasteiger partial charge in [0.2, 0.25) is 0 Å². The second kappa shape index (κ2) is 7.57. The zero-order valence-corrected chi connectivity index (χ0v) is 14.6. The summed E-state index contributed by atoms with van der Waals surface area (Å²) in [5.74, 6) is -0.147. The number of rotatable bonds is 2. The van der Waals surface area contributed by atoms with Crippen molar-refractivity contribution in [2.75, 3.05) is 31.9 Å². The highest BCUT2D eigenvalue weighted by atomic mass is 35.5. The first kappa shape index (κ1) is 17.3. The topological polar surface area (TPSA) is 66.6 Å². The molecule has 6 heteroatoms. The van der Waals surface area contributed by atoms with Crippen LogP contribution in [0.2, 0.25) is 5.02 Å². The number of hydrogen-bond acceptors (Lipinski definition) is 3. The van der Waals surface area contributed by atoms with Crippen molar-refractivity contribution in [3.63, 3.8) is 0 Å². The Morgan fingerprint density at radius 2 is 1.56 bits per heavy atom. The molecule has 1 aliphatic rings. The maximum absolute atomic E-state index is 12.7. The van der Waals surface area contributed by atoms with Crippen molar-refractivity contribution >= 4 is 29.1 Å². The van der Waals surface area contributed by atoms with E-state index in [-0.39, 0.29) is 11.8 Å². The van der Waals surface area contributed by atoms with Crippen LogP contribution >= 0.6 is 11.6 Å². The molecule has 0 spiro atoms. The van der Waals surface area contributed by atoms with E-state index in [1.54, 1.807) is 58.3 Å². The van der Waals surface area contributed by atoms with Gasteiger partial charge < -0.3 is 15.5 Å². The Balaban J connectivity index is 1.69. The third-order valence-corrected chi connectivity index (χ3v) is 4.57. The number of nitrogens with two attached hydrogens (primary N) is 1. The Hall–Kier alpha value is -2.53. The maximum atomic E-state index is 12.7. The number of hydrogen-bond donors (Lipinski definition) is 1. The summed E-state index contributed by atoms with van der Waals surface area (Å²) in [4.78, 5) is 28.9.